The highest BCUT2D eigenvalue weighted by atomic mass is 32.2. The minimum atomic E-state index is -3.19. The van der Waals surface area contributed by atoms with Gasteiger partial charge in [0.15, 0.2) is 9.84 Å². The van der Waals surface area contributed by atoms with Gasteiger partial charge in [-0.25, -0.2) is 8.42 Å². The molecule has 0 aliphatic carbocycles. The molecule has 2 atom stereocenters. The molecule has 0 saturated carbocycles. The number of aliphatic hydroxyl groups is 1. The van der Waals surface area contributed by atoms with Gasteiger partial charge in [-0.15, -0.1) is 0 Å². The number of para-hydroxylation sites is 1. The van der Waals surface area contributed by atoms with Crippen LogP contribution in [0.25, 0.3) is 0 Å². The molecule has 2 aromatic rings. The first kappa shape index (κ1) is 18.2. The van der Waals surface area contributed by atoms with E-state index in [0.29, 0.717) is 5.69 Å². The number of carbonyl (C=O) groups excluding carboxylic acids is 1. The molecule has 1 saturated heterocycles. The summed E-state index contributed by atoms with van der Waals surface area (Å²) in [5.74, 6) is -0.438. The van der Waals surface area contributed by atoms with Gasteiger partial charge in [0.1, 0.15) is 0 Å². The van der Waals surface area contributed by atoms with E-state index in [1.165, 1.54) is 0 Å². The van der Waals surface area contributed by atoms with Crippen molar-refractivity contribution in [2.24, 2.45) is 0 Å². The molecule has 26 heavy (non-hydrogen) atoms. The van der Waals surface area contributed by atoms with Crippen molar-refractivity contribution in [1.29, 1.82) is 0 Å². The number of hydrogen-bond donors (Lipinski definition) is 4. The van der Waals surface area contributed by atoms with Crippen molar-refractivity contribution in [3.63, 3.8) is 0 Å². The molecule has 4 N–H and O–H groups in total. The van der Waals surface area contributed by atoms with Gasteiger partial charge in [-0.3, -0.25) is 4.79 Å². The number of aliphatic hydroxyl groups excluding tert-OH is 1. The molecule has 138 valence electrons. The van der Waals surface area contributed by atoms with Crippen molar-refractivity contribution < 1.29 is 18.3 Å². The number of hydrogen-bond acceptors (Lipinski definition) is 6. The van der Waals surface area contributed by atoms with Gasteiger partial charge in [0.05, 0.1) is 30.2 Å². The average Bonchev–Trinajstić information content (AvgIpc) is 2.87. The highest BCUT2D eigenvalue weighted by Gasteiger charge is 2.36. The Balaban J connectivity index is 1.49. The fourth-order valence-corrected chi connectivity index (χ4v) is 4.52. The fraction of sp³-hybridized carbons (Fsp3) is 0.278. The van der Waals surface area contributed by atoms with Crippen molar-refractivity contribution in [2.75, 3.05) is 34.0 Å². The number of anilines is 3. The standard InChI is InChI=1S/C18H21N3O4S/c22-17-12-26(24,25)11-16(17)20-15-8-6-13(7-9-15)19-10-18(23)21-14-4-2-1-3-5-14/h1-9,16-17,19-20,22H,10-12H2,(H,21,23). The van der Waals surface area contributed by atoms with Crippen LogP contribution in [0.4, 0.5) is 17.1 Å². The predicted octanol–water partition coefficient (Wildman–Crippen LogP) is 1.31. The summed E-state index contributed by atoms with van der Waals surface area (Å²) in [6.07, 6.45) is -0.903. The Morgan fingerprint density at radius 1 is 0.962 bits per heavy atom. The molecule has 1 amide bonds. The normalized spacial score (nSPS) is 21.1. The van der Waals surface area contributed by atoms with Gasteiger partial charge in [0.2, 0.25) is 5.91 Å². The van der Waals surface area contributed by atoms with Gasteiger partial charge in [0, 0.05) is 17.1 Å². The molecule has 7 nitrogen and oxygen atoms in total. The molecule has 0 spiro atoms. The Hall–Kier alpha value is -2.58. The fourth-order valence-electron chi connectivity index (χ4n) is 2.77. The number of sulfone groups is 1. The third-order valence-electron chi connectivity index (χ3n) is 4.07. The van der Waals surface area contributed by atoms with E-state index < -0.39 is 22.0 Å². The molecule has 0 bridgehead atoms. The van der Waals surface area contributed by atoms with Crippen molar-refractivity contribution in [3.8, 4) is 0 Å². The predicted molar refractivity (Wildman–Crippen MR) is 102 cm³/mol. The smallest absolute Gasteiger partial charge is 0.243 e. The zero-order chi connectivity index (χ0) is 18.6. The molecule has 8 heteroatoms. The Morgan fingerprint density at radius 3 is 2.23 bits per heavy atom. The quantitative estimate of drug-likeness (QED) is 0.606. The Morgan fingerprint density at radius 2 is 1.62 bits per heavy atom. The van der Waals surface area contributed by atoms with E-state index in [1.54, 1.807) is 24.3 Å². The summed E-state index contributed by atoms with van der Waals surface area (Å²) in [6, 6.07) is 15.8. The highest BCUT2D eigenvalue weighted by molar-refractivity contribution is 7.91. The maximum Gasteiger partial charge on any atom is 0.243 e. The topological polar surface area (TPSA) is 108 Å². The van der Waals surface area contributed by atoms with Crippen molar-refractivity contribution in [1.82, 2.24) is 0 Å². The summed E-state index contributed by atoms with van der Waals surface area (Å²) in [7, 11) is -3.19. The van der Waals surface area contributed by atoms with E-state index in [-0.39, 0.29) is 24.0 Å². The summed E-state index contributed by atoms with van der Waals surface area (Å²) in [4.78, 5) is 11.9. The van der Waals surface area contributed by atoms with E-state index in [2.05, 4.69) is 16.0 Å². The molecule has 1 fully saturated rings. The third-order valence-corrected chi connectivity index (χ3v) is 5.79. The zero-order valence-corrected chi connectivity index (χ0v) is 14.9. The molecule has 1 aliphatic rings. The Kier molecular flexibility index (Phi) is 5.43. The van der Waals surface area contributed by atoms with Gasteiger partial charge in [0.25, 0.3) is 0 Å². The molecule has 2 aromatic carbocycles. The van der Waals surface area contributed by atoms with E-state index in [0.717, 1.165) is 11.4 Å². The SMILES string of the molecule is O=C(CNc1ccc(NC2CS(=O)(=O)CC2O)cc1)Nc1ccccc1. The molecule has 1 heterocycles. The monoisotopic (exact) mass is 375 g/mol. The van der Waals surface area contributed by atoms with Crippen LogP contribution >= 0.6 is 0 Å². The Labute approximate surface area is 152 Å². The highest BCUT2D eigenvalue weighted by Crippen LogP contribution is 2.20. The molecule has 1 aliphatic heterocycles. The summed E-state index contributed by atoms with van der Waals surface area (Å²) in [5.41, 5.74) is 2.22. The maximum absolute atomic E-state index is 11.9. The number of carbonyl (C=O) groups is 1. The van der Waals surface area contributed by atoms with Crippen LogP contribution in [-0.2, 0) is 14.6 Å². The minimum absolute atomic E-state index is 0.0756. The number of nitrogens with one attached hydrogen (secondary N) is 3. The average molecular weight is 375 g/mol. The molecule has 2 unspecified atom stereocenters. The van der Waals surface area contributed by atoms with Crippen molar-refractivity contribution in [3.05, 3.63) is 54.6 Å². The lowest BCUT2D eigenvalue weighted by Crippen LogP contribution is -2.31. The molecule has 0 radical (unpaired) electrons. The first-order chi connectivity index (χ1) is 12.4. The number of benzene rings is 2. The van der Waals surface area contributed by atoms with Crippen LogP contribution in [0.15, 0.2) is 54.6 Å². The second-order valence-corrected chi connectivity index (χ2v) is 8.39. The van der Waals surface area contributed by atoms with E-state index >= 15 is 0 Å². The van der Waals surface area contributed by atoms with Gasteiger partial charge in [-0.1, -0.05) is 18.2 Å². The first-order valence-electron chi connectivity index (χ1n) is 8.25. The van der Waals surface area contributed by atoms with Gasteiger partial charge < -0.3 is 21.1 Å². The van der Waals surface area contributed by atoms with Crippen LogP contribution < -0.4 is 16.0 Å². The lowest BCUT2D eigenvalue weighted by Gasteiger charge is -2.16. The van der Waals surface area contributed by atoms with Gasteiger partial charge in [-0.2, -0.15) is 0 Å². The number of rotatable bonds is 6. The van der Waals surface area contributed by atoms with Crippen molar-refractivity contribution in [2.45, 2.75) is 12.1 Å². The second-order valence-electron chi connectivity index (χ2n) is 6.24. The third kappa shape index (κ3) is 4.96. The summed E-state index contributed by atoms with van der Waals surface area (Å²) in [6.45, 7) is 0.126. The second kappa shape index (κ2) is 7.76. The van der Waals surface area contributed by atoms with Crippen LogP contribution in [0.1, 0.15) is 0 Å². The summed E-state index contributed by atoms with van der Waals surface area (Å²) < 4.78 is 23.1. The van der Waals surface area contributed by atoms with Gasteiger partial charge in [-0.05, 0) is 36.4 Å². The van der Waals surface area contributed by atoms with Gasteiger partial charge >= 0.3 is 0 Å². The van der Waals surface area contributed by atoms with Crippen LogP contribution in [0.2, 0.25) is 0 Å². The maximum atomic E-state index is 11.9. The van der Waals surface area contributed by atoms with Crippen LogP contribution in [0, 0.1) is 0 Å². The van der Waals surface area contributed by atoms with Crippen LogP contribution in [0.3, 0.4) is 0 Å². The summed E-state index contributed by atoms with van der Waals surface area (Å²) >= 11 is 0. The van der Waals surface area contributed by atoms with Crippen LogP contribution in [0.5, 0.6) is 0 Å². The first-order valence-corrected chi connectivity index (χ1v) is 10.1. The molecular weight excluding hydrogens is 354 g/mol. The van der Waals surface area contributed by atoms with E-state index in [1.807, 2.05) is 30.3 Å². The minimum Gasteiger partial charge on any atom is -0.390 e. The van der Waals surface area contributed by atoms with E-state index in [9.17, 15) is 18.3 Å². The summed E-state index contributed by atoms with van der Waals surface area (Å²) in [5, 5.41) is 18.7. The number of amides is 1. The lowest BCUT2D eigenvalue weighted by molar-refractivity contribution is -0.114. The van der Waals surface area contributed by atoms with Crippen molar-refractivity contribution >= 4 is 32.8 Å². The largest absolute Gasteiger partial charge is 0.390 e. The Bertz CT molecular complexity index is 854. The molecule has 0 aromatic heterocycles. The molecule has 3 rings (SSSR count). The zero-order valence-electron chi connectivity index (χ0n) is 14.1. The van der Waals surface area contributed by atoms with Crippen LogP contribution in [-0.4, -0.2) is 49.6 Å². The van der Waals surface area contributed by atoms with E-state index in [4.69, 9.17) is 0 Å². The molecular formula is C18H21N3O4S. The lowest BCUT2D eigenvalue weighted by atomic mass is 10.2.